The third-order valence-corrected chi connectivity index (χ3v) is 20.0. The molecule has 5 aliphatic rings. The van der Waals surface area contributed by atoms with Crippen LogP contribution in [0.4, 0.5) is 19.5 Å². The molecule has 0 bridgehead atoms. The summed E-state index contributed by atoms with van der Waals surface area (Å²) in [7, 11) is 1.31. The summed E-state index contributed by atoms with van der Waals surface area (Å²) in [6, 6.07) is 37.5. The van der Waals surface area contributed by atoms with Crippen LogP contribution in [0, 0.1) is 20.8 Å². The lowest BCUT2D eigenvalue weighted by atomic mass is 9.75. The third-order valence-electron chi connectivity index (χ3n) is 18.4. The fourth-order valence-electron chi connectivity index (χ4n) is 13.6. The Bertz CT molecular complexity index is 4870. The Hall–Kier alpha value is -10.3. The van der Waals surface area contributed by atoms with Crippen LogP contribution in [0.15, 0.2) is 156 Å². The molecule has 5 N–H and O–H groups in total. The molecule has 15 rings (SSSR count). The summed E-state index contributed by atoms with van der Waals surface area (Å²) in [5, 5.41) is 12.4. The maximum atomic E-state index is 13.7. The number of alkyl halides is 2. The van der Waals surface area contributed by atoms with Crippen molar-refractivity contribution < 1.29 is 47.0 Å². The lowest BCUT2D eigenvalue weighted by Gasteiger charge is -2.41. The maximum absolute atomic E-state index is 13.7. The van der Waals surface area contributed by atoms with Crippen molar-refractivity contribution in [2.24, 2.45) is 11.5 Å². The van der Waals surface area contributed by atoms with Crippen molar-refractivity contribution in [3.05, 3.63) is 222 Å². The van der Waals surface area contributed by atoms with Crippen molar-refractivity contribution in [1.82, 2.24) is 33.7 Å². The van der Waals surface area contributed by atoms with Crippen LogP contribution < -0.4 is 31.2 Å². The predicted molar refractivity (Wildman–Crippen MR) is 370 cm³/mol. The third kappa shape index (κ3) is 12.8. The van der Waals surface area contributed by atoms with E-state index in [1.54, 1.807) is 53.4 Å². The molecule has 10 aromatic rings. The first kappa shape index (κ1) is 65.4. The number of amides is 2. The van der Waals surface area contributed by atoms with E-state index in [1.165, 1.54) is 68.6 Å². The molecule has 1 atom stereocenters. The first-order valence-electron chi connectivity index (χ1n) is 32.2. The number of para-hydroxylation sites is 2. The molecular weight excluding hydrogens is 1280 g/mol. The first-order chi connectivity index (χ1) is 47.0. The number of carbonyl (C=O) groups excluding carboxylic acids is 5. The second-order valence-corrected chi connectivity index (χ2v) is 26.0. The molecule has 8 heterocycles. The highest BCUT2D eigenvalue weighted by Crippen LogP contribution is 2.50. The molecule has 2 amide bonds. The number of aromatic nitrogens is 6. The van der Waals surface area contributed by atoms with E-state index >= 15 is 0 Å². The number of methoxy groups -OCH3 is 1. The van der Waals surface area contributed by atoms with Gasteiger partial charge in [0.25, 0.3) is 18.2 Å². The standard InChI is InChI=1S/C27H30N4O.C25H23ClN2O5.C22H17F2N5O2S/c1-20-10-12-22(13-11-20)14-15-25(32)26-21(2)28-31-24-9-5-4-8-23(24)30(27(26)31)19-18-29-16-6-3-7-17-29;1-13-15(26)5-3-6-16(13)28-17-7-4-8-18(29)22(17)21(23(24(28)27)25(30)31-2)14-9-10-19-20(11-14)33-12-32-19;23-18(24)15-9-14(11-5-2-1-3-6-11)27-20-13(10-26-29(15)20)21(31)28-22-17(19(25)30)12-7-4-8-16(12)32-22/h4-5,8-15H,3,6-7,16-19H2,1-2H3;3,5-6,9-11,21H,4,7-8,12,27H2,1-2H3;1-3,5-6,9-10,18H,4,7-8H2,(H2,25,30)(H,28,31)/b15-14+;;. The second-order valence-electron chi connectivity index (χ2n) is 24.4. The number of ketones is 2. The van der Waals surface area contributed by atoms with E-state index < -0.39 is 30.1 Å². The fraction of sp³-hybridized carbons (Fsp3) is 0.270. The average molecular weight is 1350 g/mol. The van der Waals surface area contributed by atoms with Gasteiger partial charge < -0.3 is 40.5 Å². The number of primary amides is 1. The van der Waals surface area contributed by atoms with Crippen LogP contribution in [0.1, 0.15) is 132 Å². The van der Waals surface area contributed by atoms with E-state index in [-0.39, 0.29) is 46.7 Å². The first-order valence-corrected chi connectivity index (χ1v) is 33.4. The molecule has 2 aliphatic carbocycles. The van der Waals surface area contributed by atoms with Gasteiger partial charge in [-0.3, -0.25) is 24.1 Å². The smallest absolute Gasteiger partial charge is 0.338 e. The van der Waals surface area contributed by atoms with E-state index in [0.717, 1.165) is 92.2 Å². The zero-order valence-corrected chi connectivity index (χ0v) is 55.4. The van der Waals surface area contributed by atoms with Crippen LogP contribution in [0.5, 0.6) is 11.5 Å². The van der Waals surface area contributed by atoms with Gasteiger partial charge in [0.15, 0.2) is 28.7 Å². The number of benzene rings is 5. The number of hydrogen-bond acceptors (Lipinski definition) is 15. The summed E-state index contributed by atoms with van der Waals surface area (Å²) in [6.45, 7) is 10.2. The lowest BCUT2D eigenvalue weighted by molar-refractivity contribution is -0.136. The van der Waals surface area contributed by atoms with Gasteiger partial charge in [0.1, 0.15) is 27.7 Å². The molecule has 1 fully saturated rings. The van der Waals surface area contributed by atoms with Gasteiger partial charge in [-0.25, -0.2) is 27.6 Å². The number of halogens is 3. The molecule has 3 aliphatic heterocycles. The molecule has 19 nitrogen and oxygen atoms in total. The number of likely N-dealkylation sites (tertiary alicyclic amines) is 1. The number of fused-ring (bicyclic) bond motifs is 6. The molecular formula is C74H70ClF2N11O8S. The topological polar surface area (TPSA) is 236 Å². The van der Waals surface area contributed by atoms with Crippen molar-refractivity contribution in [1.29, 1.82) is 0 Å². The van der Waals surface area contributed by atoms with Gasteiger partial charge in [0.2, 0.25) is 6.79 Å². The number of anilines is 2. The van der Waals surface area contributed by atoms with Crippen LogP contribution in [0.2, 0.25) is 5.02 Å². The number of nitrogens with two attached hydrogens (primary N) is 2. The number of hydrogen-bond donors (Lipinski definition) is 3. The summed E-state index contributed by atoms with van der Waals surface area (Å²) >= 11 is 7.72. The minimum atomic E-state index is -2.82. The Labute approximate surface area is 566 Å². The van der Waals surface area contributed by atoms with E-state index in [2.05, 4.69) is 62.1 Å². The van der Waals surface area contributed by atoms with Gasteiger partial charge in [-0.2, -0.15) is 10.2 Å². The second kappa shape index (κ2) is 27.8. The molecule has 97 heavy (non-hydrogen) atoms. The van der Waals surface area contributed by atoms with Crippen LogP contribution in [-0.4, -0.2) is 96.6 Å². The van der Waals surface area contributed by atoms with Crippen molar-refractivity contribution >= 4 is 91.4 Å². The molecule has 0 spiro atoms. The van der Waals surface area contributed by atoms with Crippen molar-refractivity contribution in [3.8, 4) is 22.8 Å². The van der Waals surface area contributed by atoms with Crippen molar-refractivity contribution in [2.75, 3.05) is 43.8 Å². The van der Waals surface area contributed by atoms with Crippen LogP contribution in [-0.2, 0) is 33.7 Å². The predicted octanol–water partition coefficient (Wildman–Crippen LogP) is 13.9. The number of rotatable bonds is 14. The monoisotopic (exact) mass is 1350 g/mol. The number of carbonyl (C=O) groups is 5. The molecule has 496 valence electrons. The molecule has 5 aromatic carbocycles. The summed E-state index contributed by atoms with van der Waals surface area (Å²) in [4.78, 5) is 74.7. The summed E-state index contributed by atoms with van der Waals surface area (Å²) in [5.74, 6) is -1.08. The Balaban J connectivity index is 0.000000131. The van der Waals surface area contributed by atoms with Crippen LogP contribution in [0.25, 0.3) is 39.7 Å². The van der Waals surface area contributed by atoms with E-state index in [1.807, 2.05) is 66.9 Å². The van der Waals surface area contributed by atoms with Crippen LogP contribution in [0.3, 0.4) is 0 Å². The van der Waals surface area contributed by atoms with Gasteiger partial charge in [0.05, 0.1) is 64.0 Å². The maximum Gasteiger partial charge on any atom is 0.338 e. The Kier molecular flexibility index (Phi) is 18.7. The molecule has 0 saturated carbocycles. The number of esters is 1. The van der Waals surface area contributed by atoms with Crippen molar-refractivity contribution in [2.45, 2.75) is 97.4 Å². The zero-order valence-electron chi connectivity index (χ0n) is 53.9. The SMILES string of the molecule is COC(=O)C1=C(N)N(c2cccc(Cl)c2C)C2=C(C(=O)CCC2)C1c1ccc2c(c1)OCO2.Cc1ccc(/C=C/C(=O)c2c(C)nn3c4ccccc4n(CCN4CCCCC4)c23)cc1.NC(=O)c1c(NC(=O)c2cnn3c(C(F)F)cc(-c4ccccc4)nc23)sc2c1CCC2. The van der Waals surface area contributed by atoms with Gasteiger partial charge in [0, 0.05) is 46.2 Å². The minimum Gasteiger partial charge on any atom is -0.466 e. The number of nitrogens with zero attached hydrogens (tertiary/aromatic N) is 8. The molecule has 1 saturated heterocycles. The Morgan fingerprint density at radius 3 is 2.31 bits per heavy atom. The highest BCUT2D eigenvalue weighted by Gasteiger charge is 2.44. The summed E-state index contributed by atoms with van der Waals surface area (Å²) < 4.78 is 48.8. The number of imidazole rings is 1. The highest BCUT2D eigenvalue weighted by atomic mass is 35.5. The number of thiophene rings is 1. The average Bonchev–Trinajstić information content (AvgIpc) is 1.71. The van der Waals surface area contributed by atoms with Gasteiger partial charge in [-0.1, -0.05) is 109 Å². The van der Waals surface area contributed by atoms with Crippen LogP contribution >= 0.6 is 22.9 Å². The molecule has 23 heteroatoms. The number of Topliss-reactive ketones (excluding diaryl/α,β-unsaturated/α-hetero) is 1. The number of allylic oxidation sites excluding steroid dienone is 3. The van der Waals surface area contributed by atoms with Gasteiger partial charge >= 0.3 is 5.97 Å². The number of piperidine rings is 1. The quantitative estimate of drug-likeness (QED) is 0.0522. The minimum absolute atomic E-state index is 0.0000960. The normalized spacial score (nSPS) is 16.0. The van der Waals surface area contributed by atoms with E-state index in [9.17, 15) is 32.8 Å². The van der Waals surface area contributed by atoms with E-state index in [4.69, 9.17) is 42.4 Å². The fourth-order valence-corrected chi connectivity index (χ4v) is 15.1. The van der Waals surface area contributed by atoms with Crippen molar-refractivity contribution in [3.63, 3.8) is 0 Å². The van der Waals surface area contributed by atoms with Gasteiger partial charge in [-0.15, -0.1) is 11.3 Å². The Morgan fingerprint density at radius 2 is 1.56 bits per heavy atom. The van der Waals surface area contributed by atoms with Gasteiger partial charge in [-0.05, 0) is 150 Å². The summed E-state index contributed by atoms with van der Waals surface area (Å²) in [5.41, 5.74) is 24.6. The lowest BCUT2D eigenvalue weighted by Crippen LogP contribution is -2.41. The molecule has 5 aromatic heterocycles. The highest BCUT2D eigenvalue weighted by molar-refractivity contribution is 7.17. The number of nitrogens with one attached hydrogen (secondary N) is 1. The number of ether oxygens (including phenoxy) is 3. The molecule has 0 radical (unpaired) electrons. The Morgan fingerprint density at radius 1 is 0.814 bits per heavy atom. The number of aryl methyl sites for hydroxylation is 3. The largest absolute Gasteiger partial charge is 0.466 e. The zero-order chi connectivity index (χ0) is 67.8. The summed E-state index contributed by atoms with van der Waals surface area (Å²) in [6.07, 6.45) is 10.1. The van der Waals surface area contributed by atoms with E-state index in [0.29, 0.717) is 74.3 Å². The molecule has 1 unspecified atom stereocenters.